The zero-order valence-electron chi connectivity index (χ0n) is 13.0. The lowest BCUT2D eigenvalue weighted by atomic mass is 10.2. The van der Waals surface area contributed by atoms with Crippen LogP contribution in [0.5, 0.6) is 0 Å². The number of hydrogen-bond acceptors (Lipinski definition) is 4. The van der Waals surface area contributed by atoms with Crippen LogP contribution in [-0.4, -0.2) is 36.5 Å². The van der Waals surface area contributed by atoms with Gasteiger partial charge in [-0.3, -0.25) is 19.0 Å². The van der Waals surface area contributed by atoms with Gasteiger partial charge in [-0.15, -0.1) is 0 Å². The molecule has 0 saturated heterocycles. The fourth-order valence-electron chi connectivity index (χ4n) is 2.27. The molecule has 0 aliphatic carbocycles. The van der Waals surface area contributed by atoms with Crippen molar-refractivity contribution in [2.24, 2.45) is 0 Å². The van der Waals surface area contributed by atoms with Crippen molar-refractivity contribution in [1.29, 1.82) is 0 Å². The topological polar surface area (TPSA) is 102 Å². The Morgan fingerprint density at radius 3 is 2.68 bits per heavy atom. The molecule has 3 rings (SSSR count). The summed E-state index contributed by atoms with van der Waals surface area (Å²) >= 11 is 5.84. The van der Waals surface area contributed by atoms with Crippen molar-refractivity contribution in [2.75, 3.05) is 5.32 Å². The molecule has 2 N–H and O–H groups in total. The smallest absolute Gasteiger partial charge is 0.325 e. The average Bonchev–Trinajstić information content (AvgIpc) is 3.16. The first-order valence-electron chi connectivity index (χ1n) is 7.32. The van der Waals surface area contributed by atoms with E-state index in [1.807, 2.05) is 18.2 Å². The molecule has 0 aliphatic heterocycles. The Morgan fingerprint density at radius 2 is 1.96 bits per heavy atom. The van der Waals surface area contributed by atoms with Crippen LogP contribution < -0.4 is 5.32 Å². The minimum Gasteiger partial charge on any atom is -0.480 e. The Hall–Kier alpha value is -3.13. The number of carbonyl (C=O) groups excluding carboxylic acids is 1. The van der Waals surface area contributed by atoms with Gasteiger partial charge in [-0.2, -0.15) is 10.2 Å². The van der Waals surface area contributed by atoms with Gasteiger partial charge in [-0.05, 0) is 17.7 Å². The highest BCUT2D eigenvalue weighted by atomic mass is 35.5. The maximum atomic E-state index is 12.2. The summed E-state index contributed by atoms with van der Waals surface area (Å²) in [5.41, 5.74) is 1.84. The number of rotatable bonds is 6. The normalized spacial score (nSPS) is 10.6. The van der Waals surface area contributed by atoms with Crippen molar-refractivity contribution < 1.29 is 14.7 Å². The molecule has 0 unspecified atom stereocenters. The highest BCUT2D eigenvalue weighted by Crippen LogP contribution is 2.14. The molecule has 0 bridgehead atoms. The van der Waals surface area contributed by atoms with Crippen LogP contribution in [-0.2, 0) is 17.9 Å². The van der Waals surface area contributed by atoms with Crippen LogP contribution >= 0.6 is 11.6 Å². The van der Waals surface area contributed by atoms with Gasteiger partial charge in [0, 0.05) is 18.1 Å². The van der Waals surface area contributed by atoms with Crippen LogP contribution in [0, 0.1) is 0 Å². The molecule has 8 nitrogen and oxygen atoms in total. The SMILES string of the molecule is O=C(O)Cn1cc(C(=O)Nc2cccc(Cn3cc(Cl)cn3)c2)cn1. The van der Waals surface area contributed by atoms with Crippen molar-refractivity contribution in [3.8, 4) is 0 Å². The van der Waals surface area contributed by atoms with Gasteiger partial charge < -0.3 is 10.4 Å². The molecule has 2 heterocycles. The van der Waals surface area contributed by atoms with E-state index in [1.54, 1.807) is 23.1 Å². The number of aromatic nitrogens is 4. The van der Waals surface area contributed by atoms with E-state index in [9.17, 15) is 9.59 Å². The molecule has 0 spiro atoms. The zero-order valence-corrected chi connectivity index (χ0v) is 13.7. The zero-order chi connectivity index (χ0) is 17.8. The number of carboxylic acid groups (broad SMARTS) is 1. The number of aliphatic carboxylic acids is 1. The molecular weight excluding hydrogens is 346 g/mol. The van der Waals surface area contributed by atoms with E-state index in [0.29, 0.717) is 17.3 Å². The number of nitrogens with zero attached hydrogens (tertiary/aromatic N) is 4. The van der Waals surface area contributed by atoms with Crippen molar-refractivity contribution in [3.63, 3.8) is 0 Å². The molecule has 0 aliphatic rings. The van der Waals surface area contributed by atoms with Crippen LogP contribution in [0.3, 0.4) is 0 Å². The second-order valence-corrected chi connectivity index (χ2v) is 5.77. The Labute approximate surface area is 147 Å². The van der Waals surface area contributed by atoms with Gasteiger partial charge in [0.2, 0.25) is 0 Å². The Bertz CT molecular complexity index is 918. The van der Waals surface area contributed by atoms with Gasteiger partial charge in [0.25, 0.3) is 5.91 Å². The minimum absolute atomic E-state index is 0.283. The third-order valence-corrected chi connectivity index (χ3v) is 3.52. The number of hydrogen-bond donors (Lipinski definition) is 2. The summed E-state index contributed by atoms with van der Waals surface area (Å²) in [4.78, 5) is 22.9. The van der Waals surface area contributed by atoms with Crippen LogP contribution in [0.25, 0.3) is 0 Å². The summed E-state index contributed by atoms with van der Waals surface area (Å²) in [6.45, 7) is 0.224. The van der Waals surface area contributed by atoms with Crippen molar-refractivity contribution in [3.05, 3.63) is 65.2 Å². The van der Waals surface area contributed by atoms with Crippen molar-refractivity contribution >= 4 is 29.2 Å². The van der Waals surface area contributed by atoms with Crippen LogP contribution in [0.15, 0.2) is 49.1 Å². The van der Waals surface area contributed by atoms with E-state index in [4.69, 9.17) is 16.7 Å². The van der Waals surface area contributed by atoms with Crippen molar-refractivity contribution in [1.82, 2.24) is 19.6 Å². The molecule has 1 amide bonds. The molecule has 2 aromatic heterocycles. The van der Waals surface area contributed by atoms with E-state index in [-0.39, 0.29) is 18.0 Å². The Morgan fingerprint density at radius 1 is 1.16 bits per heavy atom. The second-order valence-electron chi connectivity index (χ2n) is 5.33. The van der Waals surface area contributed by atoms with Crippen LogP contribution in [0.4, 0.5) is 5.69 Å². The van der Waals surface area contributed by atoms with Gasteiger partial charge in [0.1, 0.15) is 6.54 Å². The Balaban J connectivity index is 1.68. The standard InChI is InChI=1S/C16H14ClN5O3/c17-13-6-19-21(9-13)7-11-2-1-3-14(4-11)20-16(25)12-5-18-22(8-12)10-15(23)24/h1-6,8-9H,7,10H2,(H,20,25)(H,23,24). The first-order valence-corrected chi connectivity index (χ1v) is 7.70. The number of anilines is 1. The van der Waals surface area contributed by atoms with Crippen molar-refractivity contribution in [2.45, 2.75) is 13.1 Å². The number of halogens is 1. The molecule has 25 heavy (non-hydrogen) atoms. The second kappa shape index (κ2) is 7.18. The quantitative estimate of drug-likeness (QED) is 0.701. The third-order valence-electron chi connectivity index (χ3n) is 3.32. The summed E-state index contributed by atoms with van der Waals surface area (Å²) in [6, 6.07) is 7.33. The lowest BCUT2D eigenvalue weighted by Crippen LogP contribution is -2.12. The van der Waals surface area contributed by atoms with Crippen LogP contribution in [0.1, 0.15) is 15.9 Å². The predicted octanol–water partition coefficient (Wildman–Crippen LogP) is 2.12. The molecule has 9 heteroatoms. The fourth-order valence-corrected chi connectivity index (χ4v) is 2.42. The fraction of sp³-hybridized carbons (Fsp3) is 0.125. The average molecular weight is 360 g/mol. The molecule has 0 atom stereocenters. The van der Waals surface area contributed by atoms with Gasteiger partial charge in [-0.25, -0.2) is 0 Å². The third kappa shape index (κ3) is 4.45. The maximum Gasteiger partial charge on any atom is 0.325 e. The monoisotopic (exact) mass is 359 g/mol. The molecular formula is C16H14ClN5O3. The summed E-state index contributed by atoms with van der Waals surface area (Å²) in [5.74, 6) is -1.39. The van der Waals surface area contributed by atoms with Gasteiger partial charge in [0.05, 0.1) is 29.5 Å². The molecule has 3 aromatic rings. The van der Waals surface area contributed by atoms with Crippen LogP contribution in [0.2, 0.25) is 5.02 Å². The summed E-state index contributed by atoms with van der Waals surface area (Å²) < 4.78 is 2.88. The summed E-state index contributed by atoms with van der Waals surface area (Å²) in [6.07, 6.45) is 5.98. The van der Waals surface area contributed by atoms with Gasteiger partial charge in [0.15, 0.2) is 0 Å². The van der Waals surface area contributed by atoms with E-state index in [0.717, 1.165) is 5.56 Å². The lowest BCUT2D eigenvalue weighted by Gasteiger charge is -2.07. The highest BCUT2D eigenvalue weighted by Gasteiger charge is 2.11. The first-order chi connectivity index (χ1) is 12.0. The maximum absolute atomic E-state index is 12.2. The molecule has 0 radical (unpaired) electrons. The summed E-state index contributed by atoms with van der Waals surface area (Å²) in [5, 5.41) is 20.0. The van der Waals surface area contributed by atoms with E-state index < -0.39 is 5.97 Å². The number of carboxylic acids is 1. The molecule has 0 fully saturated rings. The lowest BCUT2D eigenvalue weighted by molar-refractivity contribution is -0.137. The largest absolute Gasteiger partial charge is 0.480 e. The van der Waals surface area contributed by atoms with Gasteiger partial charge >= 0.3 is 5.97 Å². The Kier molecular flexibility index (Phi) is 4.80. The number of amides is 1. The molecule has 0 saturated carbocycles. The number of benzene rings is 1. The predicted molar refractivity (Wildman–Crippen MR) is 90.6 cm³/mol. The van der Waals surface area contributed by atoms with E-state index in [2.05, 4.69) is 15.5 Å². The first kappa shape index (κ1) is 16.7. The number of nitrogens with one attached hydrogen (secondary N) is 1. The summed E-state index contributed by atoms with van der Waals surface area (Å²) in [7, 11) is 0. The minimum atomic E-state index is -1.03. The van der Waals surface area contributed by atoms with E-state index >= 15 is 0 Å². The highest BCUT2D eigenvalue weighted by molar-refractivity contribution is 6.30. The number of carbonyl (C=O) groups is 2. The van der Waals surface area contributed by atoms with E-state index in [1.165, 1.54) is 17.1 Å². The van der Waals surface area contributed by atoms with Gasteiger partial charge in [-0.1, -0.05) is 23.7 Å². The molecule has 128 valence electrons. The molecule has 1 aromatic carbocycles.